The highest BCUT2D eigenvalue weighted by Gasteiger charge is 2.35. The zero-order valence-electron chi connectivity index (χ0n) is 19.6. The van der Waals surface area contributed by atoms with Crippen molar-refractivity contribution in [1.29, 1.82) is 0 Å². The maximum atomic E-state index is 13.1. The van der Waals surface area contributed by atoms with Crippen molar-refractivity contribution in [2.75, 3.05) is 38.1 Å². The van der Waals surface area contributed by atoms with Crippen LogP contribution < -0.4 is 5.32 Å². The number of esters is 1. The van der Waals surface area contributed by atoms with Crippen molar-refractivity contribution >= 4 is 40.7 Å². The van der Waals surface area contributed by atoms with Crippen molar-refractivity contribution < 1.29 is 23.9 Å². The summed E-state index contributed by atoms with van der Waals surface area (Å²) in [6, 6.07) is 8.98. The normalized spacial score (nSPS) is 18.7. The molecule has 1 aromatic heterocycles. The molecule has 0 radical (unpaired) electrons. The van der Waals surface area contributed by atoms with E-state index in [9.17, 15) is 19.2 Å². The van der Waals surface area contributed by atoms with Crippen LogP contribution in [0.15, 0.2) is 30.3 Å². The molecule has 0 unspecified atom stereocenters. The number of likely N-dealkylation sites (tertiary alicyclic amines) is 2. The molecule has 0 saturated carbocycles. The van der Waals surface area contributed by atoms with Gasteiger partial charge in [0.1, 0.15) is 0 Å². The Morgan fingerprint density at radius 2 is 1.69 bits per heavy atom. The number of hydrogen-bond donors (Lipinski definition) is 1. The lowest BCUT2D eigenvalue weighted by Crippen LogP contribution is -2.49. The zero-order chi connectivity index (χ0) is 24.8. The second-order valence-corrected chi connectivity index (χ2v) is 9.65. The number of nitrogens with one attached hydrogen (secondary N) is 1. The molecule has 186 valence electrons. The molecular weight excluding hydrogens is 470 g/mol. The van der Waals surface area contributed by atoms with Gasteiger partial charge >= 0.3 is 5.97 Å². The second-order valence-electron chi connectivity index (χ2n) is 8.67. The number of aromatic nitrogens is 2. The lowest BCUT2D eigenvalue weighted by molar-refractivity contribution is -0.152. The van der Waals surface area contributed by atoms with Crippen molar-refractivity contribution in [3.8, 4) is 0 Å². The standard InChI is InChI=1S/C24H29N5O5S/c1-2-34-24(33)16-10-13-28(14-11-16)22(31)17-7-6-12-29(15-17)23(32)21-27-26-20(35-21)19(30)25-18-8-4-3-5-9-18/h3-5,8-9,16-17H,2,6-7,10-15H2,1H3,(H,25,30)/t17-/m0/s1. The molecule has 0 bridgehead atoms. The molecule has 3 amide bonds. The van der Waals surface area contributed by atoms with E-state index in [0.717, 1.165) is 11.3 Å². The molecule has 2 fully saturated rings. The third-order valence-corrected chi connectivity index (χ3v) is 7.23. The van der Waals surface area contributed by atoms with Gasteiger partial charge in [-0.1, -0.05) is 29.5 Å². The van der Waals surface area contributed by atoms with Gasteiger partial charge in [-0.2, -0.15) is 0 Å². The van der Waals surface area contributed by atoms with Crippen LogP contribution in [0.3, 0.4) is 0 Å². The summed E-state index contributed by atoms with van der Waals surface area (Å²) in [6.45, 7) is 4.01. The van der Waals surface area contributed by atoms with Crippen LogP contribution in [-0.4, -0.2) is 76.5 Å². The molecule has 2 aromatic rings. The molecule has 0 spiro atoms. The summed E-state index contributed by atoms with van der Waals surface area (Å²) in [5, 5.41) is 10.8. The van der Waals surface area contributed by atoms with Crippen molar-refractivity contribution in [1.82, 2.24) is 20.0 Å². The lowest BCUT2D eigenvalue weighted by Gasteiger charge is -2.37. The fraction of sp³-hybridized carbons (Fsp3) is 0.500. The zero-order valence-corrected chi connectivity index (χ0v) is 20.5. The van der Waals surface area contributed by atoms with E-state index in [-0.39, 0.29) is 39.6 Å². The maximum absolute atomic E-state index is 13.1. The van der Waals surface area contributed by atoms with E-state index in [1.54, 1.807) is 41.0 Å². The third kappa shape index (κ3) is 6.02. The highest BCUT2D eigenvalue weighted by atomic mass is 32.1. The first-order chi connectivity index (χ1) is 17.0. The third-order valence-electron chi connectivity index (χ3n) is 6.32. The van der Waals surface area contributed by atoms with E-state index >= 15 is 0 Å². The van der Waals surface area contributed by atoms with Gasteiger partial charge in [0, 0.05) is 31.9 Å². The summed E-state index contributed by atoms with van der Waals surface area (Å²) < 4.78 is 5.10. The van der Waals surface area contributed by atoms with Gasteiger partial charge in [0.25, 0.3) is 11.8 Å². The summed E-state index contributed by atoms with van der Waals surface area (Å²) in [7, 11) is 0. The highest BCUT2D eigenvalue weighted by molar-refractivity contribution is 7.15. The first-order valence-corrected chi connectivity index (χ1v) is 12.7. The Labute approximate surface area is 207 Å². The van der Waals surface area contributed by atoms with E-state index in [1.165, 1.54) is 0 Å². The average molecular weight is 500 g/mol. The molecule has 11 heteroatoms. The van der Waals surface area contributed by atoms with Crippen LogP contribution in [-0.2, 0) is 14.3 Å². The summed E-state index contributed by atoms with van der Waals surface area (Å²) in [5.41, 5.74) is 0.629. The molecule has 2 aliphatic rings. The topological polar surface area (TPSA) is 122 Å². The van der Waals surface area contributed by atoms with Gasteiger partial charge in [0.15, 0.2) is 0 Å². The van der Waals surface area contributed by atoms with E-state index in [2.05, 4.69) is 15.5 Å². The Morgan fingerprint density at radius 1 is 0.971 bits per heavy atom. The quantitative estimate of drug-likeness (QED) is 0.606. The average Bonchev–Trinajstić information content (AvgIpc) is 3.39. The van der Waals surface area contributed by atoms with Crippen LogP contribution in [0.1, 0.15) is 52.2 Å². The number of rotatable bonds is 6. The highest BCUT2D eigenvalue weighted by Crippen LogP contribution is 2.25. The minimum Gasteiger partial charge on any atom is -0.466 e. The minimum atomic E-state index is -0.425. The van der Waals surface area contributed by atoms with Crippen LogP contribution in [0.2, 0.25) is 0 Å². The molecule has 1 N–H and O–H groups in total. The van der Waals surface area contributed by atoms with Crippen LogP contribution in [0, 0.1) is 11.8 Å². The number of piperidine rings is 2. The summed E-state index contributed by atoms with van der Waals surface area (Å²) in [5.74, 6) is -1.37. The predicted molar refractivity (Wildman–Crippen MR) is 129 cm³/mol. The summed E-state index contributed by atoms with van der Waals surface area (Å²) in [6.07, 6.45) is 2.61. The molecule has 4 rings (SSSR count). The number of carbonyl (C=O) groups excluding carboxylic acids is 4. The van der Waals surface area contributed by atoms with E-state index < -0.39 is 5.91 Å². The van der Waals surface area contributed by atoms with Gasteiger partial charge in [-0.3, -0.25) is 19.2 Å². The van der Waals surface area contributed by atoms with Crippen LogP contribution in [0.5, 0.6) is 0 Å². The first-order valence-electron chi connectivity index (χ1n) is 11.9. The van der Waals surface area contributed by atoms with E-state index in [1.807, 2.05) is 6.07 Å². The largest absolute Gasteiger partial charge is 0.466 e. The Morgan fingerprint density at radius 3 is 2.40 bits per heavy atom. The number of ether oxygens (including phenoxy) is 1. The van der Waals surface area contributed by atoms with Crippen molar-refractivity contribution in [2.24, 2.45) is 11.8 Å². The fourth-order valence-electron chi connectivity index (χ4n) is 4.46. The Kier molecular flexibility index (Phi) is 8.06. The summed E-state index contributed by atoms with van der Waals surface area (Å²) >= 11 is 0.942. The van der Waals surface area contributed by atoms with Gasteiger partial charge in [0.2, 0.25) is 15.9 Å². The fourth-order valence-corrected chi connectivity index (χ4v) is 5.17. The Hall–Kier alpha value is -3.34. The number of anilines is 1. The van der Waals surface area contributed by atoms with Gasteiger partial charge < -0.3 is 19.9 Å². The number of carbonyl (C=O) groups is 4. The number of amides is 3. The molecule has 35 heavy (non-hydrogen) atoms. The Bertz CT molecular complexity index is 1070. The van der Waals surface area contributed by atoms with Crippen LogP contribution >= 0.6 is 11.3 Å². The van der Waals surface area contributed by atoms with Gasteiger partial charge in [-0.05, 0) is 44.7 Å². The van der Waals surface area contributed by atoms with Crippen molar-refractivity contribution in [3.63, 3.8) is 0 Å². The number of para-hydroxylation sites is 1. The minimum absolute atomic E-state index is 0.0185. The maximum Gasteiger partial charge on any atom is 0.309 e. The smallest absolute Gasteiger partial charge is 0.309 e. The molecule has 1 atom stereocenters. The molecular formula is C24H29N5O5S. The SMILES string of the molecule is CCOC(=O)C1CCN(C(=O)[C@H]2CCCN(C(=O)c3nnc(C(=O)Nc4ccccc4)s3)C2)CC1. The molecule has 3 heterocycles. The molecule has 2 saturated heterocycles. The van der Waals surface area contributed by atoms with Crippen molar-refractivity contribution in [3.05, 3.63) is 40.3 Å². The van der Waals surface area contributed by atoms with E-state index in [4.69, 9.17) is 4.74 Å². The number of hydrogen-bond acceptors (Lipinski definition) is 8. The van der Waals surface area contributed by atoms with Gasteiger partial charge in [-0.25, -0.2) is 0 Å². The Balaban J connectivity index is 1.32. The van der Waals surface area contributed by atoms with Gasteiger partial charge in [0.05, 0.1) is 18.4 Å². The monoisotopic (exact) mass is 499 g/mol. The molecule has 0 aliphatic carbocycles. The second kappa shape index (κ2) is 11.4. The first kappa shape index (κ1) is 24.8. The van der Waals surface area contributed by atoms with Crippen LogP contribution in [0.25, 0.3) is 0 Å². The van der Waals surface area contributed by atoms with Crippen LogP contribution in [0.4, 0.5) is 5.69 Å². The number of benzene rings is 1. The van der Waals surface area contributed by atoms with Crippen molar-refractivity contribution in [2.45, 2.75) is 32.6 Å². The van der Waals surface area contributed by atoms with Gasteiger partial charge in [-0.15, -0.1) is 10.2 Å². The summed E-state index contributed by atoms with van der Waals surface area (Å²) in [4.78, 5) is 54.0. The molecule has 1 aromatic carbocycles. The number of nitrogens with zero attached hydrogens (tertiary/aromatic N) is 4. The molecule has 2 aliphatic heterocycles. The van der Waals surface area contributed by atoms with E-state index in [0.29, 0.717) is 64.2 Å². The molecule has 10 nitrogen and oxygen atoms in total. The lowest BCUT2D eigenvalue weighted by atomic mass is 9.93. The predicted octanol–water partition coefficient (Wildman–Crippen LogP) is 2.44.